The molecule has 3 aliphatic rings. The Morgan fingerprint density at radius 1 is 1.40 bits per heavy atom. The van der Waals surface area contributed by atoms with Crippen molar-refractivity contribution in [2.24, 2.45) is 11.8 Å². The van der Waals surface area contributed by atoms with E-state index in [1.807, 2.05) is 50.3 Å². The maximum absolute atomic E-state index is 13.2. The highest BCUT2D eigenvalue weighted by atomic mass is 16.6. The van der Waals surface area contributed by atoms with Crippen molar-refractivity contribution in [3.8, 4) is 0 Å². The third kappa shape index (κ3) is 2.33. The second-order valence-electron chi connectivity index (χ2n) is 7.29. The Balaban J connectivity index is 1.69. The van der Waals surface area contributed by atoms with Crippen molar-refractivity contribution in [3.63, 3.8) is 0 Å². The SMILES string of the molecule is CCc1ccccc1N1CC23C=C[C@@H](O2)C(C(=O)OC(C)C)[C@@H]3C1=O. The molecular formula is C20H23NO4. The van der Waals surface area contributed by atoms with Gasteiger partial charge in [0.2, 0.25) is 5.91 Å². The summed E-state index contributed by atoms with van der Waals surface area (Å²) in [7, 11) is 0. The van der Waals surface area contributed by atoms with Gasteiger partial charge in [0.25, 0.3) is 0 Å². The molecule has 4 rings (SSSR count). The zero-order chi connectivity index (χ0) is 17.8. The highest BCUT2D eigenvalue weighted by molar-refractivity contribution is 6.03. The van der Waals surface area contributed by atoms with Crippen molar-refractivity contribution in [2.45, 2.75) is 45.0 Å². The maximum atomic E-state index is 13.2. The molecule has 0 aliphatic carbocycles. The lowest BCUT2D eigenvalue weighted by Crippen LogP contribution is -2.40. The Bertz CT molecular complexity index is 756. The summed E-state index contributed by atoms with van der Waals surface area (Å²) in [5.74, 6) is -1.44. The van der Waals surface area contributed by atoms with E-state index in [0.29, 0.717) is 6.54 Å². The van der Waals surface area contributed by atoms with Gasteiger partial charge in [-0.3, -0.25) is 9.59 Å². The lowest BCUT2D eigenvalue weighted by Gasteiger charge is -2.24. The predicted molar refractivity (Wildman–Crippen MR) is 93.1 cm³/mol. The number of rotatable bonds is 4. The quantitative estimate of drug-likeness (QED) is 0.624. The van der Waals surface area contributed by atoms with Crippen LogP contribution in [0.5, 0.6) is 0 Å². The lowest BCUT2D eigenvalue weighted by molar-refractivity contribution is -0.156. The lowest BCUT2D eigenvalue weighted by atomic mass is 9.77. The number of nitrogens with zero attached hydrogens (tertiary/aromatic N) is 1. The van der Waals surface area contributed by atoms with Crippen LogP contribution in [0.25, 0.3) is 0 Å². The molecule has 132 valence electrons. The predicted octanol–water partition coefficient (Wildman–Crippen LogP) is 2.49. The van der Waals surface area contributed by atoms with E-state index in [4.69, 9.17) is 9.47 Å². The summed E-state index contributed by atoms with van der Waals surface area (Å²) < 4.78 is 11.5. The molecule has 3 aliphatic heterocycles. The van der Waals surface area contributed by atoms with E-state index >= 15 is 0 Å². The fourth-order valence-electron chi connectivity index (χ4n) is 4.36. The Morgan fingerprint density at radius 3 is 2.88 bits per heavy atom. The molecule has 0 saturated carbocycles. The van der Waals surface area contributed by atoms with Gasteiger partial charge in [0.15, 0.2) is 0 Å². The van der Waals surface area contributed by atoms with Crippen LogP contribution in [0.2, 0.25) is 0 Å². The summed E-state index contributed by atoms with van der Waals surface area (Å²) >= 11 is 0. The zero-order valence-corrected chi connectivity index (χ0v) is 14.8. The number of benzene rings is 1. The topological polar surface area (TPSA) is 55.8 Å². The standard InChI is InChI=1S/C20H23NO4/c1-4-13-7-5-6-8-14(13)21-11-20-10-9-15(25-20)16(17(20)18(21)22)19(23)24-12(2)3/h5-10,12,15-17H,4,11H2,1-3H3/t15-,16?,17-,20?/m1/s1. The van der Waals surface area contributed by atoms with Gasteiger partial charge in [-0.2, -0.15) is 0 Å². The van der Waals surface area contributed by atoms with Gasteiger partial charge in [-0.05, 0) is 31.9 Å². The number of esters is 1. The molecule has 1 spiro atoms. The van der Waals surface area contributed by atoms with Crippen LogP contribution in [0.1, 0.15) is 26.3 Å². The molecular weight excluding hydrogens is 318 g/mol. The molecule has 3 heterocycles. The summed E-state index contributed by atoms with van der Waals surface area (Å²) in [5.41, 5.74) is 1.32. The molecule has 0 radical (unpaired) electrons. The summed E-state index contributed by atoms with van der Waals surface area (Å²) in [6, 6.07) is 7.91. The molecule has 5 heteroatoms. The Kier molecular flexibility index (Phi) is 3.72. The summed E-state index contributed by atoms with van der Waals surface area (Å²) in [4.78, 5) is 27.6. The fourth-order valence-corrected chi connectivity index (χ4v) is 4.36. The number of carbonyl (C=O) groups excluding carboxylic acids is 2. The fraction of sp³-hybridized carbons (Fsp3) is 0.500. The molecule has 4 atom stereocenters. The van der Waals surface area contributed by atoms with Crippen LogP contribution in [0.15, 0.2) is 36.4 Å². The number of hydrogen-bond acceptors (Lipinski definition) is 4. The van der Waals surface area contributed by atoms with E-state index in [1.54, 1.807) is 4.90 Å². The van der Waals surface area contributed by atoms with Crippen molar-refractivity contribution in [1.29, 1.82) is 0 Å². The van der Waals surface area contributed by atoms with E-state index in [1.165, 1.54) is 0 Å². The van der Waals surface area contributed by atoms with Crippen LogP contribution in [0.3, 0.4) is 0 Å². The van der Waals surface area contributed by atoms with Gasteiger partial charge in [0, 0.05) is 5.69 Å². The van der Waals surface area contributed by atoms with E-state index in [9.17, 15) is 9.59 Å². The molecule has 2 bridgehead atoms. The molecule has 1 amide bonds. The van der Waals surface area contributed by atoms with Gasteiger partial charge in [-0.1, -0.05) is 37.3 Å². The molecule has 2 fully saturated rings. The monoisotopic (exact) mass is 341 g/mol. The Morgan fingerprint density at radius 2 is 2.16 bits per heavy atom. The third-order valence-corrected chi connectivity index (χ3v) is 5.39. The van der Waals surface area contributed by atoms with Crippen molar-refractivity contribution >= 4 is 17.6 Å². The molecule has 0 aromatic heterocycles. The van der Waals surface area contributed by atoms with Gasteiger partial charge in [0.1, 0.15) is 11.5 Å². The minimum absolute atomic E-state index is 0.0431. The maximum Gasteiger partial charge on any atom is 0.313 e. The summed E-state index contributed by atoms with van der Waals surface area (Å²) in [6.07, 6.45) is 4.15. The van der Waals surface area contributed by atoms with Gasteiger partial charge < -0.3 is 14.4 Å². The molecule has 25 heavy (non-hydrogen) atoms. The highest BCUT2D eigenvalue weighted by Gasteiger charge is 2.67. The minimum atomic E-state index is -0.705. The minimum Gasteiger partial charge on any atom is -0.463 e. The van der Waals surface area contributed by atoms with E-state index in [-0.39, 0.29) is 24.1 Å². The van der Waals surface area contributed by atoms with Crippen LogP contribution in [-0.2, 0) is 25.5 Å². The van der Waals surface area contributed by atoms with Gasteiger partial charge >= 0.3 is 5.97 Å². The molecule has 2 saturated heterocycles. The van der Waals surface area contributed by atoms with Crippen LogP contribution in [-0.4, -0.2) is 36.2 Å². The number of para-hydroxylation sites is 1. The molecule has 2 unspecified atom stereocenters. The number of ether oxygens (including phenoxy) is 2. The first kappa shape index (κ1) is 16.3. The smallest absolute Gasteiger partial charge is 0.313 e. The van der Waals surface area contributed by atoms with Crippen LogP contribution in [0, 0.1) is 11.8 Å². The van der Waals surface area contributed by atoms with E-state index in [2.05, 4.69) is 6.92 Å². The molecule has 1 aromatic carbocycles. The van der Waals surface area contributed by atoms with E-state index in [0.717, 1.165) is 17.7 Å². The van der Waals surface area contributed by atoms with Crippen molar-refractivity contribution in [2.75, 3.05) is 11.4 Å². The number of anilines is 1. The number of amides is 1. The first-order valence-electron chi connectivity index (χ1n) is 8.94. The molecule has 1 aromatic rings. The molecule has 0 N–H and O–H groups in total. The largest absolute Gasteiger partial charge is 0.463 e. The van der Waals surface area contributed by atoms with Crippen molar-refractivity contribution < 1.29 is 19.1 Å². The van der Waals surface area contributed by atoms with Crippen LogP contribution in [0.4, 0.5) is 5.69 Å². The number of aryl methyl sites for hydroxylation is 1. The summed E-state index contributed by atoms with van der Waals surface area (Å²) in [5, 5.41) is 0. The highest BCUT2D eigenvalue weighted by Crippen LogP contribution is 2.53. The summed E-state index contributed by atoms with van der Waals surface area (Å²) in [6.45, 7) is 6.16. The number of carbonyl (C=O) groups is 2. The van der Waals surface area contributed by atoms with E-state index < -0.39 is 17.4 Å². The van der Waals surface area contributed by atoms with Crippen molar-refractivity contribution in [1.82, 2.24) is 0 Å². The zero-order valence-electron chi connectivity index (χ0n) is 14.8. The average Bonchev–Trinajstić information content (AvgIpc) is 3.22. The first-order valence-corrected chi connectivity index (χ1v) is 8.94. The van der Waals surface area contributed by atoms with Gasteiger partial charge in [-0.15, -0.1) is 0 Å². The Labute approximate surface area is 147 Å². The van der Waals surface area contributed by atoms with Crippen LogP contribution < -0.4 is 4.90 Å². The second-order valence-corrected chi connectivity index (χ2v) is 7.29. The normalized spacial score (nSPS) is 32.6. The third-order valence-electron chi connectivity index (χ3n) is 5.39. The Hall–Kier alpha value is -2.14. The van der Waals surface area contributed by atoms with Gasteiger partial charge in [0.05, 0.1) is 24.7 Å². The number of hydrogen-bond donors (Lipinski definition) is 0. The number of fused-ring (bicyclic) bond motifs is 1. The van der Waals surface area contributed by atoms with Gasteiger partial charge in [-0.25, -0.2) is 0 Å². The molecule has 5 nitrogen and oxygen atoms in total. The average molecular weight is 341 g/mol. The second kappa shape index (κ2) is 5.70. The van der Waals surface area contributed by atoms with Crippen LogP contribution >= 0.6 is 0 Å². The first-order chi connectivity index (χ1) is 12.0. The van der Waals surface area contributed by atoms with Crippen molar-refractivity contribution in [3.05, 3.63) is 42.0 Å².